The number of amides is 6. The molecule has 0 aliphatic carbocycles. The summed E-state index contributed by atoms with van der Waals surface area (Å²) in [7, 11) is 0. The number of H-pyrrole nitrogens is 2. The van der Waals surface area contributed by atoms with E-state index in [1.54, 1.807) is 54.6 Å². The number of halogens is 7. The molecule has 2 fully saturated rings. The summed E-state index contributed by atoms with van der Waals surface area (Å²) in [5.41, 5.74) is 12.4. The number of carboxylic acid groups (broad SMARTS) is 1. The van der Waals surface area contributed by atoms with Crippen LogP contribution in [-0.4, -0.2) is 128 Å². The summed E-state index contributed by atoms with van der Waals surface area (Å²) >= 11 is 12.9. The average molecular weight is 1220 g/mol. The van der Waals surface area contributed by atoms with Crippen LogP contribution in [-0.2, 0) is 32.3 Å². The molecular formula is C58H44Cl2F5N13O8. The summed E-state index contributed by atoms with van der Waals surface area (Å²) in [5.74, 6) is -7.25. The van der Waals surface area contributed by atoms with Gasteiger partial charge in [-0.1, -0.05) is 102 Å². The second-order valence-electron chi connectivity index (χ2n) is 20.1. The fraction of sp³-hybridized carbons (Fsp3) is 0.172. The van der Waals surface area contributed by atoms with Crippen LogP contribution in [0.4, 0.5) is 33.3 Å². The van der Waals surface area contributed by atoms with Gasteiger partial charge in [0.25, 0.3) is 17.9 Å². The largest absolute Gasteiger partial charge is 0.477 e. The molecule has 86 heavy (non-hydrogen) atoms. The third-order valence-corrected chi connectivity index (χ3v) is 15.5. The molecule has 10 aromatic rings. The Morgan fingerprint density at radius 2 is 1.08 bits per heavy atom. The summed E-state index contributed by atoms with van der Waals surface area (Å²) in [5, 5.41) is 24.0. The lowest BCUT2D eigenvalue weighted by atomic mass is 10.0. The number of benzene rings is 6. The number of imidazole rings is 1. The van der Waals surface area contributed by atoms with Gasteiger partial charge >= 0.3 is 5.97 Å². The molecule has 2 aliphatic rings. The van der Waals surface area contributed by atoms with Crippen LogP contribution in [0.1, 0.15) is 44.3 Å². The van der Waals surface area contributed by atoms with Crippen molar-refractivity contribution in [2.45, 2.75) is 50.4 Å². The predicted octanol–water partition coefficient (Wildman–Crippen LogP) is 8.54. The molecule has 0 saturated carbocycles. The molecule has 6 heterocycles. The van der Waals surface area contributed by atoms with E-state index in [9.17, 15) is 51.8 Å². The van der Waals surface area contributed by atoms with Gasteiger partial charge in [0.15, 0.2) is 23.0 Å². The van der Waals surface area contributed by atoms with Gasteiger partial charge in [-0.25, -0.2) is 27.3 Å². The second-order valence-corrected chi connectivity index (χ2v) is 20.9. The lowest BCUT2D eigenvalue weighted by Crippen LogP contribution is -2.44. The summed E-state index contributed by atoms with van der Waals surface area (Å²) < 4.78 is 76.7. The maximum absolute atomic E-state index is 15.8. The van der Waals surface area contributed by atoms with Crippen LogP contribution in [0.15, 0.2) is 115 Å². The molecule has 0 bridgehead atoms. The SMILES string of the molecule is NC(=O)c1nn(CC(=O)N2C[C@H](F)C[C@H]2C(=O)Nc2cccc(-c3ccc4[nH]c(F)nc4c3Cl)c2F)c2ccccc12.NC(=O)c1nn(CC(=O)N2C[C@H](F)C[C@H]2C(=O)Nc2cccc(-c3ccc4cc(C(=O)O)[nH]c4c3Cl)c2F)c2ccccc12. The molecule has 2 saturated heterocycles. The number of aromatic carboxylic acids is 1. The van der Waals surface area contributed by atoms with Gasteiger partial charge in [-0.2, -0.15) is 14.6 Å². The highest BCUT2D eigenvalue weighted by atomic mass is 35.5. The van der Waals surface area contributed by atoms with E-state index in [-0.39, 0.29) is 98.7 Å². The molecule has 6 amide bonds. The first-order valence-electron chi connectivity index (χ1n) is 26.1. The van der Waals surface area contributed by atoms with Crippen LogP contribution < -0.4 is 22.1 Å². The maximum atomic E-state index is 15.8. The van der Waals surface area contributed by atoms with Gasteiger partial charge in [-0.15, -0.1) is 0 Å². The monoisotopic (exact) mass is 1220 g/mol. The lowest BCUT2D eigenvalue weighted by Gasteiger charge is -2.24. The van der Waals surface area contributed by atoms with E-state index < -0.39 is 90.1 Å². The normalized spacial score (nSPS) is 16.6. The van der Waals surface area contributed by atoms with Crippen molar-refractivity contribution < 1.29 is 60.6 Å². The number of primary amides is 2. The number of likely N-dealkylation sites (tertiary alicyclic amines) is 2. The quantitative estimate of drug-likeness (QED) is 0.0537. The highest BCUT2D eigenvalue weighted by Gasteiger charge is 2.42. The fourth-order valence-electron chi connectivity index (χ4n) is 10.7. The van der Waals surface area contributed by atoms with E-state index in [2.05, 4.69) is 35.8 Å². The lowest BCUT2D eigenvalue weighted by molar-refractivity contribution is -0.137. The van der Waals surface area contributed by atoms with Gasteiger partial charge in [-0.05, 0) is 36.4 Å². The molecule has 4 aromatic heterocycles. The van der Waals surface area contributed by atoms with Crippen molar-refractivity contribution >= 4 is 120 Å². The highest BCUT2D eigenvalue weighted by Crippen LogP contribution is 2.39. The van der Waals surface area contributed by atoms with Crippen LogP contribution in [0.2, 0.25) is 10.0 Å². The minimum Gasteiger partial charge on any atom is -0.477 e. The van der Waals surface area contributed by atoms with Crippen LogP contribution in [0.5, 0.6) is 0 Å². The Morgan fingerprint density at radius 1 is 0.605 bits per heavy atom. The van der Waals surface area contributed by atoms with Gasteiger partial charge < -0.3 is 47.0 Å². The Kier molecular flexibility index (Phi) is 15.5. The molecule has 21 nitrogen and oxygen atoms in total. The first kappa shape index (κ1) is 57.6. The molecule has 9 N–H and O–H groups in total. The van der Waals surface area contributed by atoms with Crippen molar-refractivity contribution in [3.05, 3.63) is 160 Å². The standard InChI is InChI=1S/C30H23ClF2N6O5.C28H21ClF3N7O3/c31-24-16(9-8-14-10-20(30(43)44)35-26(14)24)17-5-3-6-19(25(17)33)36-29(42)22-11-15(32)12-38(22)23(40)13-39-21-7-2-1-4-18(21)27(37-39)28(34)41;29-22-14(8-9-18-25(22)36-28(32)35-18)15-5-3-6-17(23(15)31)34-27(42)20-10-13(30)11-38(20)21(40)12-39-19-7-2-1-4-16(19)24(37-39)26(33)41/h1-10,15,22,35H,11-13H2,(H2,34,41)(H,36,42)(H,43,44);1-9,13,20H,10-12H2,(H2,33,41)(H,34,42)(H,35,36)/t15-,22+;13-,20+/m11/s1. The molecule has 28 heteroatoms. The van der Waals surface area contributed by atoms with E-state index in [1.807, 2.05) is 0 Å². The van der Waals surface area contributed by atoms with Gasteiger partial charge in [0.2, 0.25) is 23.6 Å². The molecular weight excluding hydrogens is 1170 g/mol. The van der Waals surface area contributed by atoms with Crippen LogP contribution in [0.25, 0.3) is 66.0 Å². The Labute approximate surface area is 490 Å². The number of aromatic amines is 2. The van der Waals surface area contributed by atoms with Crippen molar-refractivity contribution in [3.8, 4) is 22.3 Å². The smallest absolute Gasteiger partial charge is 0.352 e. The number of carboxylic acids is 1. The highest BCUT2D eigenvalue weighted by molar-refractivity contribution is 6.38. The molecule has 0 spiro atoms. The molecule has 438 valence electrons. The molecule has 2 aliphatic heterocycles. The van der Waals surface area contributed by atoms with Crippen LogP contribution in [0.3, 0.4) is 0 Å². The van der Waals surface area contributed by atoms with Crippen molar-refractivity contribution in [3.63, 3.8) is 0 Å². The number of aromatic nitrogens is 7. The number of nitrogens with zero attached hydrogens (tertiary/aromatic N) is 7. The number of carbonyl (C=O) groups excluding carboxylic acids is 6. The number of para-hydroxylation sites is 2. The number of nitrogens with two attached hydrogens (primary N) is 2. The van der Waals surface area contributed by atoms with Gasteiger partial charge in [-0.3, -0.25) is 38.1 Å². The zero-order valence-corrected chi connectivity index (χ0v) is 45.8. The maximum Gasteiger partial charge on any atom is 0.352 e. The number of carbonyl (C=O) groups is 7. The summed E-state index contributed by atoms with van der Waals surface area (Å²) in [4.78, 5) is 99.2. The minimum absolute atomic E-state index is 0.00787. The zero-order chi connectivity index (χ0) is 61.0. The number of anilines is 2. The van der Waals surface area contributed by atoms with Crippen molar-refractivity contribution in [1.29, 1.82) is 0 Å². The number of hydrogen-bond acceptors (Lipinski definition) is 10. The van der Waals surface area contributed by atoms with Crippen molar-refractivity contribution in [2.24, 2.45) is 11.5 Å². The van der Waals surface area contributed by atoms with Gasteiger partial charge in [0.1, 0.15) is 48.7 Å². The third kappa shape index (κ3) is 10.9. The number of alkyl halides is 2. The third-order valence-electron chi connectivity index (χ3n) is 14.7. The molecule has 4 atom stereocenters. The second kappa shape index (κ2) is 23.1. The molecule has 0 radical (unpaired) electrons. The van der Waals surface area contributed by atoms with Crippen molar-refractivity contribution in [1.82, 2.24) is 44.3 Å². The first-order chi connectivity index (χ1) is 41.1. The predicted molar refractivity (Wildman–Crippen MR) is 306 cm³/mol. The summed E-state index contributed by atoms with van der Waals surface area (Å²) in [6.07, 6.45) is -4.42. The van der Waals surface area contributed by atoms with Gasteiger partial charge in [0.05, 0.1) is 56.6 Å². The molecule has 12 rings (SSSR count). The van der Waals surface area contributed by atoms with Crippen LogP contribution in [0, 0.1) is 17.7 Å². The topological polar surface area (TPSA) is 302 Å². The van der Waals surface area contributed by atoms with Gasteiger partial charge in [0, 0.05) is 51.3 Å². The Morgan fingerprint density at radius 3 is 1.57 bits per heavy atom. The summed E-state index contributed by atoms with van der Waals surface area (Å²) in [6, 6.07) is 26.8. The minimum atomic E-state index is -1.50. The molecule has 6 aromatic carbocycles. The first-order valence-corrected chi connectivity index (χ1v) is 26.9. The Hall–Kier alpha value is -10.2. The van der Waals surface area contributed by atoms with E-state index in [4.69, 9.17) is 34.7 Å². The number of fused-ring (bicyclic) bond motifs is 4. The molecule has 0 unspecified atom stereocenters. The number of rotatable bonds is 13. The Balaban J connectivity index is 0.000000179. The van der Waals surface area contributed by atoms with Crippen LogP contribution >= 0.6 is 23.2 Å². The average Bonchev–Trinajstić information content (AvgIpc) is 2.63. The van der Waals surface area contributed by atoms with E-state index in [1.165, 1.54) is 70.0 Å². The Bertz CT molecular complexity index is 4470. The zero-order valence-electron chi connectivity index (χ0n) is 44.3. The van der Waals surface area contributed by atoms with E-state index in [0.717, 1.165) is 9.80 Å². The number of nitrogens with one attached hydrogen (secondary N) is 4. The van der Waals surface area contributed by atoms with Crippen molar-refractivity contribution in [2.75, 3.05) is 23.7 Å². The fourth-order valence-corrected chi connectivity index (χ4v) is 11.4. The number of hydrogen-bond donors (Lipinski definition) is 7. The van der Waals surface area contributed by atoms with E-state index in [0.29, 0.717) is 38.2 Å². The van der Waals surface area contributed by atoms with E-state index >= 15 is 8.78 Å². The summed E-state index contributed by atoms with van der Waals surface area (Å²) in [6.45, 7) is -1.48.